The Kier molecular flexibility index (Phi) is 2.76. The third-order valence-corrected chi connectivity index (χ3v) is 3.10. The maximum atomic E-state index is 10.6. The van der Waals surface area contributed by atoms with Crippen LogP contribution in [0, 0.1) is 0 Å². The third-order valence-electron chi connectivity index (χ3n) is 0.916. The van der Waals surface area contributed by atoms with Gasteiger partial charge in [-0.1, -0.05) is 11.8 Å². The first kappa shape index (κ1) is 6.49. The summed E-state index contributed by atoms with van der Waals surface area (Å²) < 4.78 is 0. The molecule has 46 valence electrons. The van der Waals surface area contributed by atoms with E-state index in [9.17, 15) is 4.79 Å². The highest BCUT2D eigenvalue weighted by atomic mass is 32.2. The van der Waals surface area contributed by atoms with Crippen LogP contribution in [0.5, 0.6) is 0 Å². The molecule has 1 aliphatic heterocycles. The van der Waals surface area contributed by atoms with E-state index in [4.69, 9.17) is 0 Å². The van der Waals surface area contributed by atoms with Crippen LogP contribution in [0.3, 0.4) is 0 Å². The normalized spacial score (nSPS) is 22.8. The Balaban J connectivity index is 2.27. The van der Waals surface area contributed by atoms with E-state index in [-0.39, 0.29) is 0 Å². The molecule has 0 aromatic carbocycles. The van der Waals surface area contributed by atoms with Gasteiger partial charge in [-0.3, -0.25) is 4.79 Å². The van der Waals surface area contributed by atoms with E-state index in [1.165, 1.54) is 23.9 Å². The van der Waals surface area contributed by atoms with Crippen molar-refractivity contribution in [2.45, 2.75) is 6.42 Å². The average molecular weight is 148 g/mol. The molecule has 0 aliphatic carbocycles. The first-order valence-electron chi connectivity index (χ1n) is 2.63. The van der Waals surface area contributed by atoms with Crippen LogP contribution in [-0.4, -0.2) is 22.4 Å². The molecular formula is C5H8OS2. The second kappa shape index (κ2) is 3.41. The van der Waals surface area contributed by atoms with Gasteiger partial charge in [0.25, 0.3) is 0 Å². The number of thioether (sulfide) groups is 2. The van der Waals surface area contributed by atoms with Crippen molar-refractivity contribution in [2.75, 3.05) is 17.3 Å². The minimum atomic E-state index is 0.354. The van der Waals surface area contributed by atoms with Crippen molar-refractivity contribution in [3.05, 3.63) is 0 Å². The van der Waals surface area contributed by atoms with Crippen LogP contribution < -0.4 is 0 Å². The molecule has 0 saturated carbocycles. The first-order chi connectivity index (χ1) is 3.89. The fraction of sp³-hybridized carbons (Fsp3) is 0.800. The summed E-state index contributed by atoms with van der Waals surface area (Å²) in [7, 11) is 0. The Bertz CT molecular complexity index is 82.4. The Morgan fingerprint density at radius 2 is 2.25 bits per heavy atom. The molecule has 0 aromatic rings. The van der Waals surface area contributed by atoms with Crippen LogP contribution in [0.2, 0.25) is 0 Å². The third kappa shape index (κ3) is 2.09. The Labute approximate surface area is 57.6 Å². The van der Waals surface area contributed by atoms with Gasteiger partial charge in [-0.25, -0.2) is 0 Å². The smallest absolute Gasteiger partial charge is 0.198 e. The van der Waals surface area contributed by atoms with Gasteiger partial charge in [-0.2, -0.15) is 11.8 Å². The highest BCUT2D eigenvalue weighted by molar-refractivity contribution is 8.16. The van der Waals surface area contributed by atoms with Crippen molar-refractivity contribution in [1.82, 2.24) is 0 Å². The number of hydrogen-bond donors (Lipinski definition) is 0. The molecular weight excluding hydrogens is 140 g/mol. The summed E-state index contributed by atoms with van der Waals surface area (Å²) in [5.41, 5.74) is 0. The van der Waals surface area contributed by atoms with Gasteiger partial charge in [-0.15, -0.1) is 0 Å². The maximum absolute atomic E-state index is 10.6. The molecule has 1 aliphatic rings. The molecule has 0 unspecified atom stereocenters. The van der Waals surface area contributed by atoms with Crippen LogP contribution >= 0.6 is 23.5 Å². The van der Waals surface area contributed by atoms with Gasteiger partial charge in [0.05, 0.1) is 5.75 Å². The second-order valence-electron chi connectivity index (χ2n) is 1.63. The molecule has 1 saturated heterocycles. The molecule has 1 rings (SSSR count). The standard InChI is InChI=1S/C5H8OS2/c6-5-4-7-2-1-3-8-5/h1-4H2. The summed E-state index contributed by atoms with van der Waals surface area (Å²) in [5, 5.41) is 0.354. The van der Waals surface area contributed by atoms with E-state index in [2.05, 4.69) is 0 Å². The topological polar surface area (TPSA) is 17.1 Å². The summed E-state index contributed by atoms with van der Waals surface area (Å²) in [4.78, 5) is 10.6. The quantitative estimate of drug-likeness (QED) is 0.516. The van der Waals surface area contributed by atoms with E-state index in [1.807, 2.05) is 0 Å². The molecule has 1 nitrogen and oxygen atoms in total. The van der Waals surface area contributed by atoms with E-state index < -0.39 is 0 Å². The van der Waals surface area contributed by atoms with E-state index in [0.29, 0.717) is 5.12 Å². The minimum Gasteiger partial charge on any atom is -0.286 e. The van der Waals surface area contributed by atoms with E-state index in [1.54, 1.807) is 11.8 Å². The molecule has 8 heavy (non-hydrogen) atoms. The van der Waals surface area contributed by atoms with Crippen molar-refractivity contribution >= 4 is 28.6 Å². The summed E-state index contributed by atoms with van der Waals surface area (Å²) in [5.74, 6) is 2.93. The van der Waals surface area contributed by atoms with Gasteiger partial charge in [0.1, 0.15) is 0 Å². The molecule has 0 radical (unpaired) electrons. The average Bonchev–Trinajstić information content (AvgIpc) is 1.94. The number of rotatable bonds is 0. The van der Waals surface area contributed by atoms with Crippen LogP contribution in [0.25, 0.3) is 0 Å². The SMILES string of the molecule is O=C1CSCCCS1. The zero-order valence-electron chi connectivity index (χ0n) is 4.55. The fourth-order valence-corrected chi connectivity index (χ4v) is 2.49. The lowest BCUT2D eigenvalue weighted by Gasteiger charge is -1.86. The van der Waals surface area contributed by atoms with Gasteiger partial charge in [-0.05, 0) is 12.2 Å². The summed E-state index contributed by atoms with van der Waals surface area (Å²) in [6, 6.07) is 0. The van der Waals surface area contributed by atoms with Gasteiger partial charge in [0, 0.05) is 5.75 Å². The zero-order valence-corrected chi connectivity index (χ0v) is 6.19. The number of hydrogen-bond acceptors (Lipinski definition) is 3. The van der Waals surface area contributed by atoms with Crippen LogP contribution in [0.4, 0.5) is 0 Å². The highest BCUT2D eigenvalue weighted by Gasteiger charge is 2.05. The lowest BCUT2D eigenvalue weighted by Crippen LogP contribution is -1.91. The molecule has 3 heteroatoms. The maximum Gasteiger partial charge on any atom is 0.198 e. The predicted molar refractivity (Wildman–Crippen MR) is 39.4 cm³/mol. The molecule has 0 spiro atoms. The Hall–Kier alpha value is 0.370. The highest BCUT2D eigenvalue weighted by Crippen LogP contribution is 2.16. The van der Waals surface area contributed by atoms with Gasteiger partial charge >= 0.3 is 0 Å². The van der Waals surface area contributed by atoms with E-state index >= 15 is 0 Å². The van der Waals surface area contributed by atoms with Crippen LogP contribution in [0.1, 0.15) is 6.42 Å². The van der Waals surface area contributed by atoms with Gasteiger partial charge in [0.15, 0.2) is 5.12 Å². The number of carbonyl (C=O) groups excluding carboxylic acids is 1. The molecule has 0 N–H and O–H groups in total. The van der Waals surface area contributed by atoms with Gasteiger partial charge < -0.3 is 0 Å². The molecule has 1 fully saturated rings. The second-order valence-corrected chi connectivity index (χ2v) is 3.88. The molecule has 0 aromatic heterocycles. The zero-order chi connectivity index (χ0) is 5.82. The van der Waals surface area contributed by atoms with Crippen molar-refractivity contribution in [2.24, 2.45) is 0 Å². The largest absolute Gasteiger partial charge is 0.286 e. The van der Waals surface area contributed by atoms with Gasteiger partial charge in [0.2, 0.25) is 0 Å². The van der Waals surface area contributed by atoms with Crippen LogP contribution in [0.15, 0.2) is 0 Å². The minimum absolute atomic E-state index is 0.354. The molecule has 0 bridgehead atoms. The molecule has 0 amide bonds. The summed E-state index contributed by atoms with van der Waals surface area (Å²) in [6.45, 7) is 0. The predicted octanol–water partition coefficient (Wildman–Crippen LogP) is 1.38. The van der Waals surface area contributed by atoms with E-state index in [0.717, 1.165) is 11.5 Å². The fourth-order valence-electron chi connectivity index (χ4n) is 0.544. The summed E-state index contributed by atoms with van der Waals surface area (Å²) in [6.07, 6.45) is 1.20. The number of carbonyl (C=O) groups is 1. The Morgan fingerprint density at radius 3 is 3.12 bits per heavy atom. The monoisotopic (exact) mass is 148 g/mol. The lowest BCUT2D eigenvalue weighted by molar-refractivity contribution is -0.108. The van der Waals surface area contributed by atoms with Crippen molar-refractivity contribution in [1.29, 1.82) is 0 Å². The van der Waals surface area contributed by atoms with Crippen LogP contribution in [-0.2, 0) is 4.79 Å². The Morgan fingerprint density at radius 1 is 1.38 bits per heavy atom. The first-order valence-corrected chi connectivity index (χ1v) is 4.77. The molecule has 0 atom stereocenters. The van der Waals surface area contributed by atoms with Crippen molar-refractivity contribution in [3.8, 4) is 0 Å². The van der Waals surface area contributed by atoms with Crippen molar-refractivity contribution < 1.29 is 4.79 Å². The molecule has 1 heterocycles. The summed E-state index contributed by atoms with van der Waals surface area (Å²) >= 11 is 3.23. The van der Waals surface area contributed by atoms with Crippen molar-refractivity contribution in [3.63, 3.8) is 0 Å². The lowest BCUT2D eigenvalue weighted by atomic mass is 10.6.